The summed E-state index contributed by atoms with van der Waals surface area (Å²) in [4.78, 5) is 23.2. The number of carbonyl (C=O) groups is 2. The smallest absolute Gasteiger partial charge is 0.340 e. The van der Waals surface area contributed by atoms with Gasteiger partial charge in [-0.2, -0.15) is 0 Å². The molecule has 2 atom stereocenters. The number of hydrogen-bond acceptors (Lipinski definition) is 6. The average molecular weight is 511 g/mol. The van der Waals surface area contributed by atoms with Crippen molar-refractivity contribution in [2.24, 2.45) is 11.8 Å². The van der Waals surface area contributed by atoms with Crippen LogP contribution in [0.25, 0.3) is 0 Å². The molecule has 3 rings (SSSR count). The molecule has 0 spiro atoms. The molecule has 0 amide bonds. The van der Waals surface area contributed by atoms with Crippen LogP contribution in [0, 0.1) is 11.8 Å². The molecule has 36 heavy (non-hydrogen) atoms. The number of benzene rings is 1. The van der Waals surface area contributed by atoms with E-state index in [1.54, 1.807) is 13.8 Å². The number of carbonyl (C=O) groups excluding carboxylic acids is 2. The lowest BCUT2D eigenvalue weighted by atomic mass is 9.88. The lowest BCUT2D eigenvalue weighted by Crippen LogP contribution is -2.30. The van der Waals surface area contributed by atoms with E-state index in [9.17, 15) is 18.4 Å². The molecule has 0 heterocycles. The molecule has 202 valence electrons. The van der Waals surface area contributed by atoms with Crippen molar-refractivity contribution >= 4 is 11.9 Å². The Morgan fingerprint density at radius 3 is 1.33 bits per heavy atom. The van der Waals surface area contributed by atoms with Crippen molar-refractivity contribution in [3.8, 4) is 11.5 Å². The largest absolute Gasteiger partial charge is 0.493 e. The van der Waals surface area contributed by atoms with Gasteiger partial charge in [0, 0.05) is 0 Å². The molecule has 0 unspecified atom stereocenters. The monoisotopic (exact) mass is 510 g/mol. The van der Waals surface area contributed by atoms with E-state index in [0.717, 1.165) is 62.9 Å². The van der Waals surface area contributed by atoms with E-state index in [0.29, 0.717) is 25.0 Å². The minimum atomic E-state index is -1.53. The van der Waals surface area contributed by atoms with E-state index in [-0.39, 0.29) is 25.0 Å². The molecule has 8 heteroatoms. The van der Waals surface area contributed by atoms with E-state index in [1.165, 1.54) is 0 Å². The summed E-state index contributed by atoms with van der Waals surface area (Å²) in [5.41, 5.74) is 0. The maximum Gasteiger partial charge on any atom is 0.340 e. The first-order valence-corrected chi connectivity index (χ1v) is 13.4. The van der Waals surface area contributed by atoms with Gasteiger partial charge in [0.15, 0.2) is 12.3 Å². The zero-order valence-corrected chi connectivity index (χ0v) is 21.5. The van der Waals surface area contributed by atoms with E-state index in [2.05, 4.69) is 0 Å². The summed E-state index contributed by atoms with van der Waals surface area (Å²) < 4.78 is 49.2. The van der Waals surface area contributed by atoms with Crippen LogP contribution in [0.3, 0.4) is 0 Å². The van der Waals surface area contributed by atoms with E-state index < -0.39 is 24.3 Å². The van der Waals surface area contributed by atoms with Crippen molar-refractivity contribution in [1.29, 1.82) is 0 Å². The van der Waals surface area contributed by atoms with Crippen molar-refractivity contribution in [1.82, 2.24) is 0 Å². The average Bonchev–Trinajstić information content (AvgIpc) is 2.91. The Labute approximate surface area is 213 Å². The third kappa shape index (κ3) is 8.93. The number of halogens is 2. The van der Waals surface area contributed by atoms with Crippen LogP contribution in [-0.2, 0) is 19.1 Å². The summed E-state index contributed by atoms with van der Waals surface area (Å²) in [7, 11) is 0. The third-order valence-corrected chi connectivity index (χ3v) is 7.18. The normalized spacial score (nSPS) is 25.9. The highest BCUT2D eigenvalue weighted by Crippen LogP contribution is 2.30. The van der Waals surface area contributed by atoms with Gasteiger partial charge >= 0.3 is 11.9 Å². The number of ether oxygens (including phenoxy) is 4. The summed E-state index contributed by atoms with van der Waals surface area (Å²) in [5, 5.41) is 0. The number of hydrogen-bond donors (Lipinski definition) is 0. The van der Waals surface area contributed by atoms with Crippen LogP contribution in [0.5, 0.6) is 11.5 Å². The zero-order chi connectivity index (χ0) is 25.9. The molecule has 1 aromatic carbocycles. The standard InChI is InChI=1S/C28H40F2O6/c1-3-25(29)27(31)35-23-9-5-19(6-10-23)17-33-21-13-15-22(16-14-21)34-18-20-7-11-24(12-8-20)36-28(32)26(30)4-2/h13-16,19-20,23-26H,3-12,17-18H2,1-2H3/t19-,20-,23-,24-,25-,26-/m1/s1. The van der Waals surface area contributed by atoms with Gasteiger partial charge in [-0.15, -0.1) is 0 Å². The van der Waals surface area contributed by atoms with Gasteiger partial charge in [-0.05, 0) is 100 Å². The fraction of sp³-hybridized carbons (Fsp3) is 0.714. The highest BCUT2D eigenvalue weighted by atomic mass is 19.1. The highest BCUT2D eigenvalue weighted by Gasteiger charge is 2.28. The molecular formula is C28H40F2O6. The number of esters is 2. The molecule has 2 fully saturated rings. The lowest BCUT2D eigenvalue weighted by molar-refractivity contribution is -0.158. The number of alkyl halides is 2. The molecule has 0 N–H and O–H groups in total. The predicted octanol–water partition coefficient (Wildman–Crippen LogP) is 6.14. The predicted molar refractivity (Wildman–Crippen MR) is 131 cm³/mol. The fourth-order valence-corrected chi connectivity index (χ4v) is 4.70. The number of rotatable bonds is 12. The Morgan fingerprint density at radius 2 is 1.03 bits per heavy atom. The zero-order valence-electron chi connectivity index (χ0n) is 21.5. The van der Waals surface area contributed by atoms with Gasteiger partial charge in [0.2, 0.25) is 0 Å². The van der Waals surface area contributed by atoms with E-state index >= 15 is 0 Å². The first kappa shape index (κ1) is 28.2. The summed E-state index contributed by atoms with van der Waals surface area (Å²) in [5.74, 6) is 0.845. The first-order valence-electron chi connectivity index (χ1n) is 13.4. The van der Waals surface area contributed by atoms with Gasteiger partial charge in [-0.1, -0.05) is 13.8 Å². The second-order valence-corrected chi connectivity index (χ2v) is 10.0. The van der Waals surface area contributed by atoms with E-state index in [1.807, 2.05) is 24.3 Å². The second kappa shape index (κ2) is 14.4. The molecule has 1 aromatic rings. The molecule has 0 bridgehead atoms. The highest BCUT2D eigenvalue weighted by molar-refractivity contribution is 5.74. The Morgan fingerprint density at radius 1 is 0.694 bits per heavy atom. The van der Waals surface area contributed by atoms with Crippen molar-refractivity contribution in [2.75, 3.05) is 13.2 Å². The van der Waals surface area contributed by atoms with Crippen LogP contribution in [-0.4, -0.2) is 49.7 Å². The SMILES string of the molecule is CC[C@@H](F)C(=O)O[C@H]1CC[C@H](COc2ccc(OC[C@H]3CC[C@H](OC(=O)[C@H](F)CC)CC3)cc2)CC1. The van der Waals surface area contributed by atoms with Crippen LogP contribution in [0.1, 0.15) is 78.1 Å². The van der Waals surface area contributed by atoms with Crippen LogP contribution in [0.2, 0.25) is 0 Å². The summed E-state index contributed by atoms with van der Waals surface area (Å²) in [6, 6.07) is 7.58. The summed E-state index contributed by atoms with van der Waals surface area (Å²) in [6.07, 6.45) is 3.35. The molecule has 2 aliphatic carbocycles. The molecule has 2 saturated carbocycles. The first-order chi connectivity index (χ1) is 17.4. The molecule has 2 aliphatic rings. The van der Waals surface area contributed by atoms with E-state index in [4.69, 9.17) is 18.9 Å². The topological polar surface area (TPSA) is 71.1 Å². The Kier molecular flexibility index (Phi) is 11.3. The fourth-order valence-electron chi connectivity index (χ4n) is 4.70. The van der Waals surface area contributed by atoms with Crippen molar-refractivity contribution in [3.63, 3.8) is 0 Å². The van der Waals surface area contributed by atoms with Crippen molar-refractivity contribution in [2.45, 2.75) is 103 Å². The Bertz CT molecular complexity index is 734. The lowest BCUT2D eigenvalue weighted by Gasteiger charge is -2.28. The van der Waals surface area contributed by atoms with Crippen LogP contribution >= 0.6 is 0 Å². The molecular weight excluding hydrogens is 470 g/mol. The molecule has 0 aliphatic heterocycles. The molecule has 6 nitrogen and oxygen atoms in total. The molecule has 0 radical (unpaired) electrons. The molecule has 0 aromatic heterocycles. The minimum Gasteiger partial charge on any atom is -0.493 e. The van der Waals surface area contributed by atoms with Crippen LogP contribution in [0.4, 0.5) is 8.78 Å². The Balaban J connectivity index is 1.29. The van der Waals surface area contributed by atoms with Gasteiger partial charge in [0.05, 0.1) is 13.2 Å². The molecule has 0 saturated heterocycles. The van der Waals surface area contributed by atoms with Gasteiger partial charge < -0.3 is 18.9 Å². The van der Waals surface area contributed by atoms with Crippen molar-refractivity contribution in [3.05, 3.63) is 24.3 Å². The van der Waals surface area contributed by atoms with Crippen molar-refractivity contribution < 1.29 is 37.3 Å². The third-order valence-electron chi connectivity index (χ3n) is 7.18. The summed E-state index contributed by atoms with van der Waals surface area (Å²) in [6.45, 7) is 4.45. The summed E-state index contributed by atoms with van der Waals surface area (Å²) >= 11 is 0. The van der Waals surface area contributed by atoms with Gasteiger partial charge in [0.1, 0.15) is 23.7 Å². The minimum absolute atomic E-state index is 0.146. The van der Waals surface area contributed by atoms with Crippen LogP contribution < -0.4 is 9.47 Å². The van der Waals surface area contributed by atoms with Crippen LogP contribution in [0.15, 0.2) is 24.3 Å². The maximum absolute atomic E-state index is 13.4. The van der Waals surface area contributed by atoms with Gasteiger partial charge in [-0.3, -0.25) is 0 Å². The quantitative estimate of drug-likeness (QED) is 0.314. The second-order valence-electron chi connectivity index (χ2n) is 10.0. The Hall–Kier alpha value is -2.38. The maximum atomic E-state index is 13.4. The van der Waals surface area contributed by atoms with Gasteiger partial charge in [0.25, 0.3) is 0 Å². The van der Waals surface area contributed by atoms with Gasteiger partial charge in [-0.25, -0.2) is 18.4 Å².